The van der Waals surface area contributed by atoms with Gasteiger partial charge in [-0.05, 0) is 105 Å². The van der Waals surface area contributed by atoms with Gasteiger partial charge in [-0.1, -0.05) is 172 Å². The molecule has 12 aromatic rings. The number of anilines is 3. The van der Waals surface area contributed by atoms with Gasteiger partial charge in [0, 0.05) is 54.8 Å². The Bertz CT molecular complexity index is 3740. The Labute approximate surface area is 371 Å². The molecule has 0 saturated carbocycles. The molecule has 2 aromatic heterocycles. The van der Waals surface area contributed by atoms with Crippen LogP contribution in [0.2, 0.25) is 0 Å². The van der Waals surface area contributed by atoms with Gasteiger partial charge in [0.15, 0.2) is 0 Å². The van der Waals surface area contributed by atoms with E-state index in [2.05, 4.69) is 242 Å². The third kappa shape index (κ3) is 5.41. The molecular formula is C61H42N2O. The summed E-state index contributed by atoms with van der Waals surface area (Å²) in [7, 11) is 0. The summed E-state index contributed by atoms with van der Waals surface area (Å²) in [6.07, 6.45) is 0. The Hall–Kier alpha value is -8.14. The van der Waals surface area contributed by atoms with Gasteiger partial charge in [-0.25, -0.2) is 0 Å². The van der Waals surface area contributed by atoms with Crippen LogP contribution >= 0.6 is 0 Å². The predicted octanol–water partition coefficient (Wildman–Crippen LogP) is 16.9. The van der Waals surface area contributed by atoms with Crippen molar-refractivity contribution >= 4 is 71.6 Å². The lowest BCUT2D eigenvalue weighted by molar-refractivity contribution is 0.660. The standard InChI is InChI=1S/C61H42N2O/c1-61(2)53-23-11-8-17-46(53)47-36-35-44(37-54(47)61)62(42-31-27-40(28-32-42)39-15-4-3-5-16-39)43-33-29-41(30-34-43)45-22-14-26-58-59(45)52-38-57(50-20-6-7-21-51(50)60(52)64-58)63-55-24-12-9-18-48(55)49-19-10-13-25-56(49)63/h3-38H,1-2H3. The van der Waals surface area contributed by atoms with Crippen LogP contribution in [0.5, 0.6) is 0 Å². The van der Waals surface area contributed by atoms with E-state index in [1.807, 2.05) is 0 Å². The molecule has 3 heteroatoms. The zero-order valence-corrected chi connectivity index (χ0v) is 35.6. The number of hydrogen-bond donors (Lipinski definition) is 0. The number of aromatic nitrogens is 1. The van der Waals surface area contributed by atoms with Crippen molar-refractivity contribution in [1.29, 1.82) is 0 Å². The Morgan fingerprint density at radius 1 is 0.391 bits per heavy atom. The highest BCUT2D eigenvalue weighted by Crippen LogP contribution is 2.51. The van der Waals surface area contributed by atoms with Crippen LogP contribution in [0.1, 0.15) is 25.0 Å². The van der Waals surface area contributed by atoms with Crippen LogP contribution in [0, 0.1) is 0 Å². The molecule has 0 amide bonds. The fourth-order valence-electron chi connectivity index (χ4n) is 10.7. The fraction of sp³-hybridized carbons (Fsp3) is 0.0492. The van der Waals surface area contributed by atoms with Gasteiger partial charge in [0.25, 0.3) is 0 Å². The zero-order chi connectivity index (χ0) is 42.5. The van der Waals surface area contributed by atoms with Crippen molar-refractivity contribution in [1.82, 2.24) is 4.57 Å². The SMILES string of the molecule is CC1(C)c2ccccc2-c2ccc(N(c3ccc(-c4ccccc4)cc3)c3ccc(-c4cccc5oc6c7ccccc7c(-n7c8ccccc8c8ccccc87)cc6c45)cc3)cc21. The first kappa shape index (κ1) is 36.5. The van der Waals surface area contributed by atoms with Crippen LogP contribution < -0.4 is 4.90 Å². The van der Waals surface area contributed by atoms with Gasteiger partial charge in [-0.3, -0.25) is 0 Å². The molecule has 1 aliphatic carbocycles. The van der Waals surface area contributed by atoms with E-state index in [1.54, 1.807) is 0 Å². The van der Waals surface area contributed by atoms with Crippen LogP contribution in [0.15, 0.2) is 223 Å². The van der Waals surface area contributed by atoms with Crippen molar-refractivity contribution in [3.8, 4) is 39.1 Å². The minimum Gasteiger partial charge on any atom is -0.455 e. The highest BCUT2D eigenvalue weighted by Gasteiger charge is 2.35. The monoisotopic (exact) mass is 818 g/mol. The van der Waals surface area contributed by atoms with Gasteiger partial charge >= 0.3 is 0 Å². The van der Waals surface area contributed by atoms with E-state index in [-0.39, 0.29) is 5.41 Å². The van der Waals surface area contributed by atoms with Crippen molar-refractivity contribution in [3.05, 3.63) is 230 Å². The Kier molecular flexibility index (Phi) is 7.95. The lowest BCUT2D eigenvalue weighted by Gasteiger charge is -2.28. The number of furan rings is 1. The number of para-hydroxylation sites is 2. The first-order valence-electron chi connectivity index (χ1n) is 22.2. The summed E-state index contributed by atoms with van der Waals surface area (Å²) in [5, 5.41) is 6.97. The van der Waals surface area contributed by atoms with Crippen molar-refractivity contribution in [2.45, 2.75) is 19.3 Å². The molecule has 0 unspecified atom stereocenters. The number of rotatable bonds is 6. The van der Waals surface area contributed by atoms with Gasteiger partial charge < -0.3 is 13.9 Å². The summed E-state index contributed by atoms with van der Waals surface area (Å²) in [6.45, 7) is 4.70. The largest absolute Gasteiger partial charge is 0.455 e. The minimum absolute atomic E-state index is 0.118. The maximum Gasteiger partial charge on any atom is 0.143 e. The van der Waals surface area contributed by atoms with Crippen LogP contribution in [-0.4, -0.2) is 4.57 Å². The third-order valence-electron chi connectivity index (χ3n) is 13.8. The molecule has 0 bridgehead atoms. The molecule has 0 aliphatic heterocycles. The van der Waals surface area contributed by atoms with E-state index < -0.39 is 0 Å². The predicted molar refractivity (Wildman–Crippen MR) is 269 cm³/mol. The summed E-state index contributed by atoms with van der Waals surface area (Å²) in [4.78, 5) is 2.40. The molecule has 0 saturated heterocycles. The lowest BCUT2D eigenvalue weighted by Crippen LogP contribution is -2.16. The highest BCUT2D eigenvalue weighted by atomic mass is 16.3. The molecule has 1 aliphatic rings. The molecule has 0 N–H and O–H groups in total. The Morgan fingerprint density at radius 3 is 1.66 bits per heavy atom. The summed E-state index contributed by atoms with van der Waals surface area (Å²) < 4.78 is 9.29. The van der Waals surface area contributed by atoms with Crippen LogP contribution in [0.3, 0.4) is 0 Å². The number of hydrogen-bond acceptors (Lipinski definition) is 2. The molecule has 2 heterocycles. The fourth-order valence-corrected chi connectivity index (χ4v) is 10.7. The molecule has 0 spiro atoms. The van der Waals surface area contributed by atoms with Crippen molar-refractivity contribution in [2.24, 2.45) is 0 Å². The van der Waals surface area contributed by atoms with Gasteiger partial charge in [-0.15, -0.1) is 0 Å². The van der Waals surface area contributed by atoms with Gasteiger partial charge in [0.05, 0.1) is 16.7 Å². The van der Waals surface area contributed by atoms with Gasteiger partial charge in [-0.2, -0.15) is 0 Å². The molecule has 302 valence electrons. The summed E-state index contributed by atoms with van der Waals surface area (Å²) >= 11 is 0. The van der Waals surface area contributed by atoms with Crippen LogP contribution in [-0.2, 0) is 5.41 Å². The van der Waals surface area contributed by atoms with E-state index in [9.17, 15) is 0 Å². The quantitative estimate of drug-likeness (QED) is 0.167. The van der Waals surface area contributed by atoms with E-state index >= 15 is 0 Å². The summed E-state index contributed by atoms with van der Waals surface area (Å²) in [5.41, 5.74) is 18.6. The first-order valence-corrected chi connectivity index (χ1v) is 22.2. The second-order valence-corrected chi connectivity index (χ2v) is 17.7. The first-order chi connectivity index (χ1) is 31.5. The van der Waals surface area contributed by atoms with Crippen LogP contribution in [0.25, 0.3) is 93.6 Å². The third-order valence-corrected chi connectivity index (χ3v) is 13.8. The second-order valence-electron chi connectivity index (χ2n) is 17.7. The average Bonchev–Trinajstić information content (AvgIpc) is 3.98. The average molecular weight is 819 g/mol. The number of nitrogens with zero attached hydrogens (tertiary/aromatic N) is 2. The Balaban J connectivity index is 0.971. The number of benzene rings is 10. The normalized spacial score (nSPS) is 13.0. The molecule has 0 fully saturated rings. The maximum atomic E-state index is 6.85. The van der Waals surface area contributed by atoms with Crippen molar-refractivity contribution in [3.63, 3.8) is 0 Å². The minimum atomic E-state index is -0.118. The molecule has 0 radical (unpaired) electrons. The van der Waals surface area contributed by atoms with E-state index in [0.717, 1.165) is 66.6 Å². The van der Waals surface area contributed by atoms with E-state index in [1.165, 1.54) is 55.2 Å². The second kappa shape index (κ2) is 13.9. The zero-order valence-electron chi connectivity index (χ0n) is 35.6. The maximum absolute atomic E-state index is 6.85. The molecule has 10 aromatic carbocycles. The smallest absolute Gasteiger partial charge is 0.143 e. The Morgan fingerprint density at radius 2 is 0.938 bits per heavy atom. The van der Waals surface area contributed by atoms with Gasteiger partial charge in [0.1, 0.15) is 11.2 Å². The molecule has 64 heavy (non-hydrogen) atoms. The van der Waals surface area contributed by atoms with Crippen molar-refractivity contribution < 1.29 is 4.42 Å². The highest BCUT2D eigenvalue weighted by molar-refractivity contribution is 6.22. The summed E-state index contributed by atoms with van der Waals surface area (Å²) in [5.74, 6) is 0. The van der Waals surface area contributed by atoms with E-state index in [4.69, 9.17) is 4.42 Å². The van der Waals surface area contributed by atoms with Crippen molar-refractivity contribution in [2.75, 3.05) is 4.90 Å². The molecule has 3 nitrogen and oxygen atoms in total. The van der Waals surface area contributed by atoms with Gasteiger partial charge in [0.2, 0.25) is 0 Å². The van der Waals surface area contributed by atoms with E-state index in [0.29, 0.717) is 0 Å². The summed E-state index contributed by atoms with van der Waals surface area (Å²) in [6, 6.07) is 79.5. The van der Waals surface area contributed by atoms with Crippen LogP contribution in [0.4, 0.5) is 17.1 Å². The number of fused-ring (bicyclic) bond motifs is 11. The molecular weight excluding hydrogens is 777 g/mol. The topological polar surface area (TPSA) is 21.3 Å². The lowest BCUT2D eigenvalue weighted by atomic mass is 9.82. The molecule has 0 atom stereocenters. The molecule has 13 rings (SSSR count).